The molecule has 1 aliphatic rings. The highest BCUT2D eigenvalue weighted by Crippen LogP contribution is 2.33. The molecule has 5 heterocycles. The first-order valence-corrected chi connectivity index (χ1v) is 9.62. The Balaban J connectivity index is 1.57. The minimum atomic E-state index is 0.662. The van der Waals surface area contributed by atoms with Crippen LogP contribution in [0.25, 0.3) is 21.8 Å². The molecule has 0 saturated carbocycles. The lowest BCUT2D eigenvalue weighted by molar-refractivity contribution is 0.552. The van der Waals surface area contributed by atoms with Crippen LogP contribution in [0.15, 0.2) is 40.9 Å². The van der Waals surface area contributed by atoms with Gasteiger partial charge in [-0.15, -0.1) is 21.5 Å². The van der Waals surface area contributed by atoms with Crippen LogP contribution < -0.4 is 4.90 Å². The van der Waals surface area contributed by atoms with Crippen LogP contribution in [0.2, 0.25) is 0 Å². The van der Waals surface area contributed by atoms with Crippen molar-refractivity contribution in [2.45, 2.75) is 13.1 Å². The maximum absolute atomic E-state index is 4.86. The molecule has 4 aromatic heterocycles. The number of thiazole rings is 1. The van der Waals surface area contributed by atoms with Crippen LogP contribution in [-0.4, -0.2) is 36.3 Å². The van der Waals surface area contributed by atoms with E-state index in [0.717, 1.165) is 40.7 Å². The molecule has 5 rings (SSSR count). The van der Waals surface area contributed by atoms with Gasteiger partial charge in [-0.3, -0.25) is 0 Å². The fourth-order valence-corrected chi connectivity index (χ4v) is 4.19. The van der Waals surface area contributed by atoms with Crippen LogP contribution in [0.1, 0.15) is 5.82 Å². The first-order valence-electron chi connectivity index (χ1n) is 7.79. The van der Waals surface area contributed by atoms with Crippen molar-refractivity contribution in [1.82, 2.24) is 29.7 Å². The van der Waals surface area contributed by atoms with Crippen LogP contribution in [0.3, 0.4) is 0 Å². The molecule has 0 aromatic carbocycles. The monoisotopic (exact) mass is 367 g/mol. The second-order valence-electron chi connectivity index (χ2n) is 5.64. The van der Waals surface area contributed by atoms with Gasteiger partial charge in [0.05, 0.1) is 6.54 Å². The zero-order valence-electron chi connectivity index (χ0n) is 13.1. The van der Waals surface area contributed by atoms with Crippen LogP contribution in [-0.2, 0) is 13.1 Å². The minimum Gasteiger partial charge on any atom is -0.331 e. The van der Waals surface area contributed by atoms with Crippen molar-refractivity contribution in [3.63, 3.8) is 0 Å². The van der Waals surface area contributed by atoms with Gasteiger partial charge in [0.15, 0.2) is 5.82 Å². The van der Waals surface area contributed by atoms with Gasteiger partial charge in [-0.25, -0.2) is 15.0 Å². The Morgan fingerprint density at radius 3 is 2.96 bits per heavy atom. The predicted molar refractivity (Wildman–Crippen MR) is 97.5 cm³/mol. The summed E-state index contributed by atoms with van der Waals surface area (Å²) in [4.78, 5) is 16.1. The van der Waals surface area contributed by atoms with Crippen LogP contribution in [0.4, 0.5) is 5.95 Å². The number of hydrogen-bond acceptors (Lipinski definition) is 8. The Morgan fingerprint density at radius 1 is 1.12 bits per heavy atom. The summed E-state index contributed by atoms with van der Waals surface area (Å²) in [6, 6.07) is 2.09. The molecular formula is C16H13N7S2. The number of aromatic nitrogens is 6. The second kappa shape index (κ2) is 6.01. The van der Waals surface area contributed by atoms with E-state index in [9.17, 15) is 0 Å². The van der Waals surface area contributed by atoms with Crippen molar-refractivity contribution in [1.29, 1.82) is 0 Å². The highest BCUT2D eigenvalue weighted by molar-refractivity contribution is 7.13. The summed E-state index contributed by atoms with van der Waals surface area (Å²) in [7, 11) is 0. The van der Waals surface area contributed by atoms with E-state index >= 15 is 0 Å². The van der Waals surface area contributed by atoms with Gasteiger partial charge in [-0.05, 0) is 22.4 Å². The number of anilines is 1. The van der Waals surface area contributed by atoms with Crippen molar-refractivity contribution in [2.75, 3.05) is 11.4 Å². The van der Waals surface area contributed by atoms with Crippen LogP contribution >= 0.6 is 22.7 Å². The molecule has 0 atom stereocenters. The summed E-state index contributed by atoms with van der Waals surface area (Å²) in [6.45, 7) is 2.33. The fourth-order valence-electron chi connectivity index (χ4n) is 2.89. The molecule has 0 aliphatic carbocycles. The molecule has 0 N–H and O–H groups in total. The van der Waals surface area contributed by atoms with Gasteiger partial charge < -0.3 is 9.47 Å². The Kier molecular flexibility index (Phi) is 3.53. The molecule has 25 heavy (non-hydrogen) atoms. The third-order valence-electron chi connectivity index (χ3n) is 4.16. The van der Waals surface area contributed by atoms with Crippen molar-refractivity contribution >= 4 is 28.6 Å². The van der Waals surface area contributed by atoms with E-state index in [-0.39, 0.29) is 0 Å². The van der Waals surface area contributed by atoms with Gasteiger partial charge >= 0.3 is 0 Å². The zero-order valence-corrected chi connectivity index (χ0v) is 14.7. The summed E-state index contributed by atoms with van der Waals surface area (Å²) < 4.78 is 2.07. The number of thiophene rings is 1. The molecule has 0 amide bonds. The summed E-state index contributed by atoms with van der Waals surface area (Å²) in [5, 5.41) is 15.2. The van der Waals surface area contributed by atoms with Gasteiger partial charge in [0.2, 0.25) is 5.95 Å². The molecule has 1 aliphatic heterocycles. The van der Waals surface area contributed by atoms with E-state index < -0.39 is 0 Å². The van der Waals surface area contributed by atoms with Crippen molar-refractivity contribution < 1.29 is 0 Å². The predicted octanol–water partition coefficient (Wildman–Crippen LogP) is 2.94. The van der Waals surface area contributed by atoms with E-state index in [4.69, 9.17) is 4.98 Å². The molecule has 4 aromatic rings. The fraction of sp³-hybridized carbons (Fsp3) is 0.188. The maximum atomic E-state index is 4.86. The van der Waals surface area contributed by atoms with E-state index in [1.807, 2.05) is 17.8 Å². The number of rotatable bonds is 3. The number of fused-ring (bicyclic) bond motifs is 1. The molecule has 0 unspecified atom stereocenters. The normalized spacial score (nSPS) is 13.8. The van der Waals surface area contributed by atoms with Gasteiger partial charge in [-0.1, -0.05) is 0 Å². The molecule has 0 radical (unpaired) electrons. The highest BCUT2D eigenvalue weighted by atomic mass is 32.1. The Bertz CT molecular complexity index is 992. The SMILES string of the molecule is c1csc(-c2nc(N3CCn4cnnc4C3)ncc2-c2ccsc2)n1. The topological polar surface area (TPSA) is 72.6 Å². The minimum absolute atomic E-state index is 0.662. The van der Waals surface area contributed by atoms with Crippen LogP contribution in [0.5, 0.6) is 0 Å². The molecule has 0 saturated heterocycles. The van der Waals surface area contributed by atoms with E-state index in [1.54, 1.807) is 29.0 Å². The van der Waals surface area contributed by atoms with E-state index in [1.165, 1.54) is 0 Å². The highest BCUT2D eigenvalue weighted by Gasteiger charge is 2.22. The van der Waals surface area contributed by atoms with Gasteiger partial charge in [-0.2, -0.15) is 11.3 Å². The summed E-state index contributed by atoms with van der Waals surface area (Å²) in [5.41, 5.74) is 3.02. The first kappa shape index (κ1) is 14.7. The Labute approximate surface area is 151 Å². The molecule has 0 fully saturated rings. The Hall–Kier alpha value is -2.65. The maximum Gasteiger partial charge on any atom is 0.226 e. The largest absolute Gasteiger partial charge is 0.331 e. The lowest BCUT2D eigenvalue weighted by atomic mass is 10.1. The lowest BCUT2D eigenvalue weighted by Gasteiger charge is -2.27. The van der Waals surface area contributed by atoms with Gasteiger partial charge in [0.25, 0.3) is 0 Å². The van der Waals surface area contributed by atoms with Crippen molar-refractivity contribution in [2.24, 2.45) is 0 Å². The third-order valence-corrected chi connectivity index (χ3v) is 5.63. The standard InChI is InChI=1S/C16H13N7S2/c1-5-24-9-11(1)12-7-18-16(20-14(12)15-17-2-6-25-15)22-3-4-23-10-19-21-13(23)8-22/h1-2,5-7,9-10H,3-4,8H2. The Morgan fingerprint density at radius 2 is 2.12 bits per heavy atom. The smallest absolute Gasteiger partial charge is 0.226 e. The van der Waals surface area contributed by atoms with Gasteiger partial charge in [0, 0.05) is 36.4 Å². The third kappa shape index (κ3) is 2.61. The first-order chi connectivity index (χ1) is 12.4. The second-order valence-corrected chi connectivity index (χ2v) is 7.32. The van der Waals surface area contributed by atoms with E-state index in [2.05, 4.69) is 46.5 Å². The van der Waals surface area contributed by atoms with Crippen molar-refractivity contribution in [3.8, 4) is 21.8 Å². The van der Waals surface area contributed by atoms with Crippen LogP contribution in [0, 0.1) is 0 Å². The molecular weight excluding hydrogens is 354 g/mol. The molecule has 124 valence electrons. The summed E-state index contributed by atoms with van der Waals surface area (Å²) in [6.07, 6.45) is 5.48. The molecule has 0 spiro atoms. The quantitative estimate of drug-likeness (QED) is 0.554. The van der Waals surface area contributed by atoms with Gasteiger partial charge in [0.1, 0.15) is 17.0 Å². The molecule has 0 bridgehead atoms. The lowest BCUT2D eigenvalue weighted by Crippen LogP contribution is -2.34. The van der Waals surface area contributed by atoms with E-state index in [0.29, 0.717) is 12.5 Å². The average molecular weight is 367 g/mol. The summed E-state index contributed by atoms with van der Waals surface area (Å²) in [5.74, 6) is 1.64. The molecule has 9 heteroatoms. The number of nitrogens with zero attached hydrogens (tertiary/aromatic N) is 7. The van der Waals surface area contributed by atoms with Crippen molar-refractivity contribution in [3.05, 3.63) is 46.8 Å². The zero-order chi connectivity index (χ0) is 16.6. The summed E-state index contributed by atoms with van der Waals surface area (Å²) >= 11 is 3.25. The number of hydrogen-bond donors (Lipinski definition) is 0. The molecule has 7 nitrogen and oxygen atoms in total. The average Bonchev–Trinajstić information content (AvgIpc) is 3.43.